The predicted molar refractivity (Wildman–Crippen MR) is 181 cm³/mol. The van der Waals surface area contributed by atoms with Crippen LogP contribution in [0.2, 0.25) is 0 Å². The number of nitrogens with zero attached hydrogens (tertiary/aromatic N) is 2. The van der Waals surface area contributed by atoms with Crippen molar-refractivity contribution in [2.24, 2.45) is 0 Å². The second kappa shape index (κ2) is 13.5. The zero-order chi connectivity index (χ0) is 32.7. The molecule has 2 aliphatic carbocycles. The highest BCUT2D eigenvalue weighted by atomic mass is 31.1. The Kier molecular flexibility index (Phi) is 9.20. The Bertz CT molecular complexity index is 1880. The van der Waals surface area contributed by atoms with E-state index in [9.17, 15) is 13.2 Å². The average Bonchev–Trinajstić information content (AvgIpc) is 3.50. The molecule has 0 saturated heterocycles. The van der Waals surface area contributed by atoms with E-state index in [1.54, 1.807) is 0 Å². The SMILES string of the molecule is CP(c1ccccc1)c1ccc2ccccc2c1-c1nc(C2CCCCC2)c(C2CCCCC2)n1Cc1c(F)c(F)c(F)c(F)c1F. The van der Waals surface area contributed by atoms with Crippen LogP contribution in [-0.4, -0.2) is 16.2 Å². The van der Waals surface area contributed by atoms with Crippen LogP contribution in [0.1, 0.15) is 93.0 Å². The Balaban J connectivity index is 1.55. The van der Waals surface area contributed by atoms with Crippen molar-refractivity contribution >= 4 is 29.3 Å². The summed E-state index contributed by atoms with van der Waals surface area (Å²) in [6, 6.07) is 22.5. The van der Waals surface area contributed by atoms with Gasteiger partial charge in [-0.2, -0.15) is 0 Å². The number of hydrogen-bond acceptors (Lipinski definition) is 1. The maximum atomic E-state index is 15.5. The zero-order valence-electron chi connectivity index (χ0n) is 26.5. The number of imidazole rings is 1. The highest BCUT2D eigenvalue weighted by molar-refractivity contribution is 7.72. The van der Waals surface area contributed by atoms with E-state index in [-0.39, 0.29) is 11.8 Å². The second-order valence-corrected chi connectivity index (χ2v) is 15.2. The van der Waals surface area contributed by atoms with Crippen LogP contribution in [0.5, 0.6) is 0 Å². The molecular formula is C39H38F5N2P. The summed E-state index contributed by atoms with van der Waals surface area (Å²) < 4.78 is 76.4. The van der Waals surface area contributed by atoms with E-state index in [4.69, 9.17) is 4.98 Å². The number of hydrogen-bond donors (Lipinski definition) is 0. The van der Waals surface area contributed by atoms with Gasteiger partial charge < -0.3 is 4.57 Å². The number of fused-ring (bicyclic) bond motifs is 1. The molecule has 0 N–H and O–H groups in total. The minimum absolute atomic E-state index is 0.0823. The van der Waals surface area contributed by atoms with Gasteiger partial charge >= 0.3 is 0 Å². The summed E-state index contributed by atoms with van der Waals surface area (Å²) >= 11 is 0. The summed E-state index contributed by atoms with van der Waals surface area (Å²) in [7, 11) is -0.888. The molecule has 1 heterocycles. The number of rotatable bonds is 7. The van der Waals surface area contributed by atoms with Crippen molar-refractivity contribution in [2.75, 3.05) is 6.66 Å². The molecule has 1 aromatic heterocycles. The molecule has 1 unspecified atom stereocenters. The van der Waals surface area contributed by atoms with Crippen molar-refractivity contribution in [2.45, 2.75) is 82.6 Å². The van der Waals surface area contributed by atoms with E-state index in [1.807, 2.05) is 47.0 Å². The molecule has 244 valence electrons. The maximum absolute atomic E-state index is 15.5. The fraction of sp³-hybridized carbons (Fsp3) is 0.359. The lowest BCUT2D eigenvalue weighted by atomic mass is 9.80. The van der Waals surface area contributed by atoms with Crippen LogP contribution in [0.15, 0.2) is 66.7 Å². The van der Waals surface area contributed by atoms with Gasteiger partial charge in [0, 0.05) is 28.7 Å². The lowest BCUT2D eigenvalue weighted by molar-refractivity contribution is 0.366. The average molecular weight is 661 g/mol. The van der Waals surface area contributed by atoms with Crippen LogP contribution >= 0.6 is 7.92 Å². The molecule has 0 bridgehead atoms. The predicted octanol–water partition coefficient (Wildman–Crippen LogP) is 10.6. The Hall–Kier alpha value is -3.57. The van der Waals surface area contributed by atoms with E-state index < -0.39 is 49.1 Å². The smallest absolute Gasteiger partial charge is 0.200 e. The fourth-order valence-corrected chi connectivity index (χ4v) is 9.58. The van der Waals surface area contributed by atoms with Gasteiger partial charge in [0.1, 0.15) is 5.82 Å². The first-order valence-corrected chi connectivity index (χ1v) is 18.6. The third-order valence-electron chi connectivity index (χ3n) is 10.3. The fourth-order valence-electron chi connectivity index (χ4n) is 7.83. The molecule has 8 heteroatoms. The van der Waals surface area contributed by atoms with E-state index in [1.165, 1.54) is 0 Å². The Morgan fingerprint density at radius 1 is 0.660 bits per heavy atom. The molecule has 0 spiro atoms. The monoisotopic (exact) mass is 660 g/mol. The Morgan fingerprint density at radius 3 is 1.89 bits per heavy atom. The summed E-state index contributed by atoms with van der Waals surface area (Å²) in [5.74, 6) is -8.73. The molecule has 0 aliphatic heterocycles. The minimum Gasteiger partial charge on any atom is -0.323 e. The van der Waals surface area contributed by atoms with Gasteiger partial charge in [0.15, 0.2) is 23.3 Å². The van der Waals surface area contributed by atoms with Gasteiger partial charge in [-0.05, 0) is 61.7 Å². The first-order valence-electron chi connectivity index (χ1n) is 16.8. The molecule has 47 heavy (non-hydrogen) atoms. The van der Waals surface area contributed by atoms with Crippen molar-refractivity contribution in [1.82, 2.24) is 9.55 Å². The summed E-state index contributed by atoms with van der Waals surface area (Å²) in [5, 5.41) is 4.16. The van der Waals surface area contributed by atoms with Gasteiger partial charge in [-0.3, -0.25) is 0 Å². The van der Waals surface area contributed by atoms with Crippen molar-refractivity contribution in [1.29, 1.82) is 0 Å². The maximum Gasteiger partial charge on any atom is 0.200 e. The van der Waals surface area contributed by atoms with E-state index in [0.717, 1.165) is 103 Å². The lowest BCUT2D eigenvalue weighted by Gasteiger charge is -2.28. The third-order valence-corrected chi connectivity index (χ3v) is 12.4. The van der Waals surface area contributed by atoms with E-state index in [0.29, 0.717) is 5.82 Å². The first kappa shape index (κ1) is 32.0. The molecule has 2 aliphatic rings. The molecule has 0 radical (unpaired) electrons. The van der Waals surface area contributed by atoms with Crippen LogP contribution in [0.3, 0.4) is 0 Å². The number of aromatic nitrogens is 2. The molecule has 2 saturated carbocycles. The molecule has 1 atom stereocenters. The molecule has 5 aromatic rings. The molecule has 0 amide bonds. The van der Waals surface area contributed by atoms with Crippen LogP contribution in [0.25, 0.3) is 22.2 Å². The van der Waals surface area contributed by atoms with Crippen LogP contribution in [0, 0.1) is 29.1 Å². The quantitative estimate of drug-likeness (QED) is 0.0735. The van der Waals surface area contributed by atoms with Gasteiger partial charge in [-0.1, -0.05) is 105 Å². The highest BCUT2D eigenvalue weighted by Crippen LogP contribution is 2.45. The lowest BCUT2D eigenvalue weighted by Crippen LogP contribution is -2.20. The molecule has 7 rings (SSSR count). The van der Waals surface area contributed by atoms with Crippen LogP contribution < -0.4 is 10.6 Å². The minimum atomic E-state index is -2.14. The van der Waals surface area contributed by atoms with E-state index >= 15 is 8.78 Å². The van der Waals surface area contributed by atoms with Gasteiger partial charge in [0.2, 0.25) is 5.82 Å². The summed E-state index contributed by atoms with van der Waals surface area (Å²) in [6.07, 6.45) is 10.2. The van der Waals surface area contributed by atoms with Crippen LogP contribution in [0.4, 0.5) is 22.0 Å². The highest BCUT2D eigenvalue weighted by Gasteiger charge is 2.34. The van der Waals surface area contributed by atoms with Gasteiger partial charge in [0.05, 0.1) is 12.2 Å². The standard InChI is InChI=1S/C39H38F5N2P/c1-47(27-18-9-4-10-19-27)30-22-21-24-13-11-12-20-28(24)31(30)39-45-37(25-14-5-2-6-15-25)38(26-16-7-3-8-17-26)46(39)23-29-32(40)34(42)36(44)35(43)33(29)41/h4,9-13,18-22,25-26H,2-3,5-8,14-17,23H2,1H3. The Labute approximate surface area is 273 Å². The summed E-state index contributed by atoms with van der Waals surface area (Å²) in [4.78, 5) is 5.45. The topological polar surface area (TPSA) is 17.8 Å². The largest absolute Gasteiger partial charge is 0.323 e. The zero-order valence-corrected chi connectivity index (χ0v) is 27.4. The molecular weight excluding hydrogens is 622 g/mol. The second-order valence-electron chi connectivity index (χ2n) is 13.1. The van der Waals surface area contributed by atoms with Crippen molar-refractivity contribution in [3.05, 3.63) is 113 Å². The summed E-state index contributed by atoms with van der Waals surface area (Å²) in [6.45, 7) is 1.70. The van der Waals surface area contributed by atoms with Crippen molar-refractivity contribution in [3.63, 3.8) is 0 Å². The van der Waals surface area contributed by atoms with E-state index in [2.05, 4.69) is 30.9 Å². The van der Waals surface area contributed by atoms with Crippen LogP contribution in [-0.2, 0) is 6.54 Å². The van der Waals surface area contributed by atoms with Gasteiger partial charge in [0.25, 0.3) is 0 Å². The molecule has 4 aromatic carbocycles. The normalized spacial score (nSPS) is 17.0. The third kappa shape index (κ3) is 5.90. The van der Waals surface area contributed by atoms with Gasteiger partial charge in [-0.15, -0.1) is 0 Å². The van der Waals surface area contributed by atoms with Crippen molar-refractivity contribution in [3.8, 4) is 11.4 Å². The first-order chi connectivity index (χ1) is 22.8. The van der Waals surface area contributed by atoms with Gasteiger partial charge in [-0.25, -0.2) is 26.9 Å². The van der Waals surface area contributed by atoms with Crippen molar-refractivity contribution < 1.29 is 22.0 Å². The summed E-state index contributed by atoms with van der Waals surface area (Å²) in [5.41, 5.74) is 1.89. The number of benzene rings is 4. The number of halogens is 5. The molecule has 2 fully saturated rings. The Morgan fingerprint density at radius 2 is 1.23 bits per heavy atom. The molecule has 2 nitrogen and oxygen atoms in total.